The van der Waals surface area contributed by atoms with Gasteiger partial charge >= 0.3 is 5.97 Å². The first kappa shape index (κ1) is 21.4. The number of nitro benzene ring substituents is 1. The summed E-state index contributed by atoms with van der Waals surface area (Å²) in [6, 6.07) is 16.9. The summed E-state index contributed by atoms with van der Waals surface area (Å²) in [5.74, 6) is -2.48. The zero-order valence-corrected chi connectivity index (χ0v) is 16.4. The number of carbonyl (C=O) groups is 3. The molecule has 0 bridgehead atoms. The predicted molar refractivity (Wildman–Crippen MR) is 111 cm³/mol. The highest BCUT2D eigenvalue weighted by atomic mass is 16.6. The monoisotopic (exact) mass is 419 g/mol. The molecule has 1 heterocycles. The Morgan fingerprint density at radius 1 is 1.03 bits per heavy atom. The SMILES string of the molecule is CCOC(=O)C(=O)/C(=C/c1ccc(-c2cccc([N+](=O)[O-])c2)o1)C(=O)c1ccccc1. The van der Waals surface area contributed by atoms with Crippen LogP contribution in [0.25, 0.3) is 17.4 Å². The van der Waals surface area contributed by atoms with Crippen LogP contribution in [0.2, 0.25) is 0 Å². The van der Waals surface area contributed by atoms with Crippen molar-refractivity contribution in [3.63, 3.8) is 0 Å². The number of rotatable bonds is 8. The summed E-state index contributed by atoms with van der Waals surface area (Å²) in [6.45, 7) is 1.53. The van der Waals surface area contributed by atoms with Gasteiger partial charge in [-0.3, -0.25) is 19.7 Å². The van der Waals surface area contributed by atoms with E-state index in [9.17, 15) is 24.5 Å². The summed E-state index contributed by atoms with van der Waals surface area (Å²) >= 11 is 0. The Kier molecular flexibility index (Phi) is 6.51. The molecule has 8 nitrogen and oxygen atoms in total. The lowest BCUT2D eigenvalue weighted by Gasteiger charge is -2.05. The molecule has 156 valence electrons. The van der Waals surface area contributed by atoms with Crippen LogP contribution in [0.5, 0.6) is 0 Å². The lowest BCUT2D eigenvalue weighted by atomic mass is 9.99. The molecule has 0 spiro atoms. The third-order valence-electron chi connectivity index (χ3n) is 4.24. The summed E-state index contributed by atoms with van der Waals surface area (Å²) in [5.41, 5.74) is 0.145. The summed E-state index contributed by atoms with van der Waals surface area (Å²) in [6.07, 6.45) is 1.16. The second kappa shape index (κ2) is 9.45. The molecule has 3 rings (SSSR count). The van der Waals surface area contributed by atoms with E-state index in [4.69, 9.17) is 9.15 Å². The van der Waals surface area contributed by atoms with E-state index in [1.165, 1.54) is 36.4 Å². The second-order valence-corrected chi connectivity index (χ2v) is 6.31. The normalized spacial score (nSPS) is 11.1. The lowest BCUT2D eigenvalue weighted by molar-refractivity contribution is -0.384. The van der Waals surface area contributed by atoms with Crippen molar-refractivity contribution in [2.24, 2.45) is 0 Å². The average Bonchev–Trinajstić information content (AvgIpc) is 3.26. The number of esters is 1. The van der Waals surface area contributed by atoms with Gasteiger partial charge in [-0.25, -0.2) is 4.79 Å². The summed E-state index contributed by atoms with van der Waals surface area (Å²) < 4.78 is 10.4. The molecule has 1 aromatic heterocycles. The number of nitro groups is 1. The molecule has 0 aliphatic carbocycles. The zero-order valence-electron chi connectivity index (χ0n) is 16.4. The van der Waals surface area contributed by atoms with Gasteiger partial charge in [-0.15, -0.1) is 0 Å². The average molecular weight is 419 g/mol. The molecule has 0 saturated carbocycles. The van der Waals surface area contributed by atoms with Crippen LogP contribution in [0.4, 0.5) is 5.69 Å². The maximum atomic E-state index is 12.9. The van der Waals surface area contributed by atoms with Crippen LogP contribution in [0.3, 0.4) is 0 Å². The Labute approximate surface area is 176 Å². The molecule has 0 aliphatic heterocycles. The fourth-order valence-electron chi connectivity index (χ4n) is 2.79. The third-order valence-corrected chi connectivity index (χ3v) is 4.24. The molecule has 0 unspecified atom stereocenters. The van der Waals surface area contributed by atoms with Gasteiger partial charge in [-0.2, -0.15) is 0 Å². The van der Waals surface area contributed by atoms with Gasteiger partial charge in [0.05, 0.1) is 17.1 Å². The fourth-order valence-corrected chi connectivity index (χ4v) is 2.79. The number of hydrogen-bond donors (Lipinski definition) is 0. The van der Waals surface area contributed by atoms with Crippen molar-refractivity contribution < 1.29 is 28.5 Å². The predicted octanol–water partition coefficient (Wildman–Crippen LogP) is 4.25. The van der Waals surface area contributed by atoms with Crippen molar-refractivity contribution in [1.82, 2.24) is 0 Å². The molecule has 2 aromatic carbocycles. The number of carbonyl (C=O) groups excluding carboxylic acids is 3. The Morgan fingerprint density at radius 2 is 1.77 bits per heavy atom. The second-order valence-electron chi connectivity index (χ2n) is 6.31. The Morgan fingerprint density at radius 3 is 2.45 bits per heavy atom. The number of furan rings is 1. The first-order valence-corrected chi connectivity index (χ1v) is 9.28. The van der Waals surface area contributed by atoms with Crippen LogP contribution in [-0.4, -0.2) is 29.1 Å². The van der Waals surface area contributed by atoms with Crippen molar-refractivity contribution >= 4 is 29.3 Å². The Hall–Kier alpha value is -4.33. The number of nitrogens with zero attached hydrogens (tertiary/aromatic N) is 1. The standard InChI is InChI=1S/C23H17NO7/c1-2-30-23(27)22(26)19(21(25)15-7-4-3-5-8-15)14-18-11-12-20(31-18)16-9-6-10-17(13-16)24(28)29/h3-14H,2H2,1H3/b19-14+. The van der Waals surface area contributed by atoms with Gasteiger partial charge in [0.2, 0.25) is 0 Å². The smallest absolute Gasteiger partial charge is 0.379 e. The zero-order chi connectivity index (χ0) is 22.4. The molecule has 31 heavy (non-hydrogen) atoms. The Bertz CT molecular complexity index is 1180. The van der Waals surface area contributed by atoms with E-state index >= 15 is 0 Å². The van der Waals surface area contributed by atoms with Gasteiger partial charge in [-0.05, 0) is 25.1 Å². The molecule has 8 heteroatoms. The van der Waals surface area contributed by atoms with E-state index < -0.39 is 28.0 Å². The van der Waals surface area contributed by atoms with Gasteiger partial charge < -0.3 is 9.15 Å². The van der Waals surface area contributed by atoms with Crippen LogP contribution in [-0.2, 0) is 14.3 Å². The van der Waals surface area contributed by atoms with Crippen LogP contribution < -0.4 is 0 Å². The lowest BCUT2D eigenvalue weighted by Crippen LogP contribution is -2.24. The van der Waals surface area contributed by atoms with Gasteiger partial charge in [0.25, 0.3) is 11.5 Å². The summed E-state index contributed by atoms with van der Waals surface area (Å²) in [5, 5.41) is 11.0. The topological polar surface area (TPSA) is 117 Å². The third kappa shape index (κ3) is 4.99. The van der Waals surface area contributed by atoms with Crippen LogP contribution in [0.1, 0.15) is 23.0 Å². The van der Waals surface area contributed by atoms with Crippen molar-refractivity contribution in [3.05, 3.63) is 93.7 Å². The highest BCUT2D eigenvalue weighted by Gasteiger charge is 2.27. The highest BCUT2D eigenvalue weighted by molar-refractivity contribution is 6.50. The van der Waals surface area contributed by atoms with Gasteiger partial charge in [0.1, 0.15) is 11.5 Å². The van der Waals surface area contributed by atoms with E-state index in [0.29, 0.717) is 11.3 Å². The number of benzene rings is 2. The van der Waals surface area contributed by atoms with E-state index in [1.54, 1.807) is 37.3 Å². The highest BCUT2D eigenvalue weighted by Crippen LogP contribution is 2.27. The molecule has 0 N–H and O–H groups in total. The first-order chi connectivity index (χ1) is 14.9. The fraction of sp³-hybridized carbons (Fsp3) is 0.0870. The Balaban J connectivity index is 2.00. The van der Waals surface area contributed by atoms with E-state index in [-0.39, 0.29) is 23.6 Å². The molecule has 3 aromatic rings. The molecule has 0 atom stereocenters. The molecular formula is C23H17NO7. The number of non-ortho nitro benzene ring substituents is 1. The minimum atomic E-state index is -1.15. The van der Waals surface area contributed by atoms with Crippen molar-refractivity contribution in [2.45, 2.75) is 6.92 Å². The summed E-state index contributed by atoms with van der Waals surface area (Å²) in [7, 11) is 0. The maximum absolute atomic E-state index is 12.9. The number of ketones is 2. The molecule has 0 aliphatic rings. The van der Waals surface area contributed by atoms with Crippen molar-refractivity contribution in [2.75, 3.05) is 6.61 Å². The quantitative estimate of drug-likeness (QED) is 0.0783. The van der Waals surface area contributed by atoms with Gasteiger partial charge in [-0.1, -0.05) is 42.5 Å². The molecular weight excluding hydrogens is 402 g/mol. The largest absolute Gasteiger partial charge is 0.460 e. The van der Waals surface area contributed by atoms with Gasteiger partial charge in [0, 0.05) is 23.3 Å². The van der Waals surface area contributed by atoms with E-state index in [0.717, 1.165) is 6.08 Å². The van der Waals surface area contributed by atoms with Crippen LogP contribution in [0, 0.1) is 10.1 Å². The molecule has 0 amide bonds. The minimum absolute atomic E-state index is 0.0188. The maximum Gasteiger partial charge on any atom is 0.379 e. The minimum Gasteiger partial charge on any atom is -0.460 e. The number of hydrogen-bond acceptors (Lipinski definition) is 7. The molecule has 0 fully saturated rings. The van der Waals surface area contributed by atoms with Gasteiger partial charge in [0.15, 0.2) is 5.78 Å². The first-order valence-electron chi connectivity index (χ1n) is 9.28. The van der Waals surface area contributed by atoms with Crippen molar-refractivity contribution in [1.29, 1.82) is 0 Å². The van der Waals surface area contributed by atoms with E-state index in [1.807, 2.05) is 0 Å². The van der Waals surface area contributed by atoms with Crippen molar-refractivity contribution in [3.8, 4) is 11.3 Å². The summed E-state index contributed by atoms with van der Waals surface area (Å²) in [4.78, 5) is 47.9. The number of Topliss-reactive ketones (excluding diaryl/α,β-unsaturated/α-hetero) is 2. The number of ether oxygens (including phenoxy) is 1. The van der Waals surface area contributed by atoms with Crippen LogP contribution >= 0.6 is 0 Å². The van der Waals surface area contributed by atoms with Crippen LogP contribution in [0.15, 0.2) is 76.7 Å². The molecule has 0 saturated heterocycles. The van der Waals surface area contributed by atoms with E-state index in [2.05, 4.69) is 0 Å². The molecule has 0 radical (unpaired) electrons.